The molecule has 4 nitrogen and oxygen atoms in total. The van der Waals surface area contributed by atoms with Crippen LogP contribution in [0.15, 0.2) is 18.2 Å². The molecule has 0 radical (unpaired) electrons. The number of benzene rings is 1. The highest BCUT2D eigenvalue weighted by Crippen LogP contribution is 2.27. The summed E-state index contributed by atoms with van der Waals surface area (Å²) < 4.78 is 5.60. The Morgan fingerprint density at radius 2 is 2.21 bits per heavy atom. The standard InChI is InChI=1S/C14H20ClNO3/c1-3-6-13(14(17)18)19-12-8-5-7-11(15)10(12)9-16-4-2/h5,7-8,13,16H,3-4,6,9H2,1-2H3,(H,17,18). The van der Waals surface area contributed by atoms with Gasteiger partial charge in [-0.2, -0.15) is 0 Å². The Bertz CT molecular complexity index is 423. The Labute approximate surface area is 118 Å². The van der Waals surface area contributed by atoms with Gasteiger partial charge in [0.05, 0.1) is 0 Å². The van der Waals surface area contributed by atoms with Crippen LogP contribution in [0.5, 0.6) is 5.75 Å². The van der Waals surface area contributed by atoms with Crippen molar-refractivity contribution in [2.45, 2.75) is 39.3 Å². The monoisotopic (exact) mass is 285 g/mol. The third-order valence-electron chi connectivity index (χ3n) is 2.72. The van der Waals surface area contributed by atoms with E-state index in [1.54, 1.807) is 18.2 Å². The Morgan fingerprint density at radius 1 is 1.47 bits per heavy atom. The van der Waals surface area contributed by atoms with Crippen LogP contribution in [0.2, 0.25) is 5.02 Å². The number of nitrogens with one attached hydrogen (secondary N) is 1. The fourth-order valence-corrected chi connectivity index (χ4v) is 1.95. The fraction of sp³-hybridized carbons (Fsp3) is 0.500. The maximum Gasteiger partial charge on any atom is 0.344 e. The quantitative estimate of drug-likeness (QED) is 0.771. The third kappa shape index (κ3) is 4.73. The van der Waals surface area contributed by atoms with Crippen molar-refractivity contribution in [3.8, 4) is 5.75 Å². The van der Waals surface area contributed by atoms with Crippen molar-refractivity contribution in [1.82, 2.24) is 5.32 Å². The van der Waals surface area contributed by atoms with E-state index in [0.29, 0.717) is 23.7 Å². The van der Waals surface area contributed by atoms with Gasteiger partial charge in [-0.25, -0.2) is 4.79 Å². The van der Waals surface area contributed by atoms with Gasteiger partial charge in [-0.05, 0) is 25.1 Å². The Kier molecular flexibility index (Phi) is 6.67. The largest absolute Gasteiger partial charge is 0.479 e. The fourth-order valence-electron chi connectivity index (χ4n) is 1.72. The lowest BCUT2D eigenvalue weighted by Crippen LogP contribution is -2.27. The first-order valence-electron chi connectivity index (χ1n) is 6.47. The Balaban J connectivity index is 2.91. The van der Waals surface area contributed by atoms with Gasteiger partial charge >= 0.3 is 5.97 Å². The van der Waals surface area contributed by atoms with Crippen LogP contribution in [0.3, 0.4) is 0 Å². The summed E-state index contributed by atoms with van der Waals surface area (Å²) in [6, 6.07) is 5.29. The van der Waals surface area contributed by atoms with Crippen LogP contribution in [0, 0.1) is 0 Å². The maximum atomic E-state index is 11.1. The lowest BCUT2D eigenvalue weighted by atomic mass is 10.1. The zero-order valence-electron chi connectivity index (χ0n) is 11.3. The summed E-state index contributed by atoms with van der Waals surface area (Å²) in [4.78, 5) is 11.1. The van der Waals surface area contributed by atoms with Crippen LogP contribution in [-0.4, -0.2) is 23.7 Å². The molecule has 0 heterocycles. The highest BCUT2D eigenvalue weighted by atomic mass is 35.5. The minimum absolute atomic E-state index is 0.475. The second-order valence-corrected chi connectivity index (χ2v) is 4.64. The molecule has 2 N–H and O–H groups in total. The average molecular weight is 286 g/mol. The number of hydrogen-bond acceptors (Lipinski definition) is 3. The minimum Gasteiger partial charge on any atom is -0.479 e. The van der Waals surface area contributed by atoms with Crippen LogP contribution in [0.1, 0.15) is 32.3 Å². The molecule has 0 amide bonds. The molecule has 1 aromatic carbocycles. The van der Waals surface area contributed by atoms with Gasteiger partial charge in [0.1, 0.15) is 5.75 Å². The first-order chi connectivity index (χ1) is 9.10. The molecule has 0 aromatic heterocycles. The molecule has 0 spiro atoms. The van der Waals surface area contributed by atoms with E-state index < -0.39 is 12.1 Å². The normalized spacial score (nSPS) is 12.2. The first kappa shape index (κ1) is 15.8. The summed E-state index contributed by atoms with van der Waals surface area (Å²) in [5, 5.41) is 12.9. The number of aliphatic carboxylic acids is 1. The lowest BCUT2D eigenvalue weighted by Gasteiger charge is -2.18. The van der Waals surface area contributed by atoms with E-state index in [-0.39, 0.29) is 0 Å². The van der Waals surface area contributed by atoms with Gasteiger partial charge in [-0.1, -0.05) is 37.9 Å². The number of carboxylic acid groups (broad SMARTS) is 1. The average Bonchev–Trinajstić information content (AvgIpc) is 2.37. The van der Waals surface area contributed by atoms with Gasteiger partial charge in [0.15, 0.2) is 6.10 Å². The van der Waals surface area contributed by atoms with E-state index in [1.807, 2.05) is 13.8 Å². The maximum absolute atomic E-state index is 11.1. The minimum atomic E-state index is -0.948. The van der Waals surface area contributed by atoms with Crippen LogP contribution in [-0.2, 0) is 11.3 Å². The van der Waals surface area contributed by atoms with Gasteiger partial charge in [-0.3, -0.25) is 0 Å². The molecule has 0 bridgehead atoms. The van der Waals surface area contributed by atoms with Crippen molar-refractivity contribution < 1.29 is 14.6 Å². The van der Waals surface area contributed by atoms with Gasteiger partial charge < -0.3 is 15.2 Å². The summed E-state index contributed by atoms with van der Waals surface area (Å²) in [5.41, 5.74) is 0.799. The van der Waals surface area contributed by atoms with Crippen molar-refractivity contribution in [3.05, 3.63) is 28.8 Å². The number of carboxylic acids is 1. The molecule has 1 atom stereocenters. The van der Waals surface area contributed by atoms with Gasteiger partial charge in [0, 0.05) is 17.1 Å². The number of hydrogen-bond donors (Lipinski definition) is 2. The summed E-state index contributed by atoms with van der Waals surface area (Å²) in [6.45, 7) is 5.29. The van der Waals surface area contributed by atoms with E-state index in [4.69, 9.17) is 21.4 Å². The smallest absolute Gasteiger partial charge is 0.344 e. The third-order valence-corrected chi connectivity index (χ3v) is 3.08. The molecule has 0 saturated heterocycles. The zero-order valence-corrected chi connectivity index (χ0v) is 12.0. The number of ether oxygens (including phenoxy) is 1. The lowest BCUT2D eigenvalue weighted by molar-refractivity contribution is -0.145. The molecule has 0 saturated carbocycles. The molecule has 19 heavy (non-hydrogen) atoms. The van der Waals surface area contributed by atoms with Crippen LogP contribution in [0.4, 0.5) is 0 Å². The predicted octanol–water partition coefficient (Wildman–Crippen LogP) is 3.08. The summed E-state index contributed by atoms with van der Waals surface area (Å²) >= 11 is 6.14. The van der Waals surface area contributed by atoms with Crippen LogP contribution < -0.4 is 10.1 Å². The molecule has 5 heteroatoms. The van der Waals surface area contributed by atoms with Gasteiger partial charge in [0.2, 0.25) is 0 Å². The summed E-state index contributed by atoms with van der Waals surface area (Å²) in [5.74, 6) is -0.412. The molecular formula is C14H20ClNO3. The SMILES string of the molecule is CCCC(Oc1cccc(Cl)c1CNCC)C(=O)O. The van der Waals surface area contributed by atoms with Gasteiger partial charge in [0.25, 0.3) is 0 Å². The zero-order chi connectivity index (χ0) is 14.3. The van der Waals surface area contributed by atoms with E-state index in [0.717, 1.165) is 18.5 Å². The van der Waals surface area contributed by atoms with E-state index in [2.05, 4.69) is 5.32 Å². The Hall–Kier alpha value is -1.26. The molecule has 0 aliphatic rings. The summed E-state index contributed by atoms with van der Waals surface area (Å²) in [7, 11) is 0. The molecule has 1 aromatic rings. The molecule has 0 aliphatic carbocycles. The second kappa shape index (κ2) is 8.02. The Morgan fingerprint density at radius 3 is 2.79 bits per heavy atom. The number of carbonyl (C=O) groups is 1. The number of halogens is 1. The predicted molar refractivity (Wildman–Crippen MR) is 75.8 cm³/mol. The molecule has 0 aliphatic heterocycles. The highest BCUT2D eigenvalue weighted by Gasteiger charge is 2.20. The topological polar surface area (TPSA) is 58.6 Å². The van der Waals surface area contributed by atoms with Crippen LogP contribution >= 0.6 is 11.6 Å². The molecule has 106 valence electrons. The molecule has 0 fully saturated rings. The first-order valence-corrected chi connectivity index (χ1v) is 6.85. The van der Waals surface area contributed by atoms with Gasteiger partial charge in [-0.15, -0.1) is 0 Å². The van der Waals surface area contributed by atoms with E-state index in [1.165, 1.54) is 0 Å². The van der Waals surface area contributed by atoms with Crippen molar-refractivity contribution in [3.63, 3.8) is 0 Å². The highest BCUT2D eigenvalue weighted by molar-refractivity contribution is 6.31. The molecular weight excluding hydrogens is 266 g/mol. The van der Waals surface area contributed by atoms with Crippen molar-refractivity contribution in [2.75, 3.05) is 6.54 Å². The van der Waals surface area contributed by atoms with Crippen molar-refractivity contribution in [1.29, 1.82) is 0 Å². The molecule has 1 rings (SSSR count). The summed E-state index contributed by atoms with van der Waals surface area (Å²) in [6.07, 6.45) is 0.395. The van der Waals surface area contributed by atoms with E-state index >= 15 is 0 Å². The van der Waals surface area contributed by atoms with E-state index in [9.17, 15) is 4.79 Å². The van der Waals surface area contributed by atoms with Crippen molar-refractivity contribution in [2.24, 2.45) is 0 Å². The molecule has 1 unspecified atom stereocenters. The van der Waals surface area contributed by atoms with Crippen molar-refractivity contribution >= 4 is 17.6 Å². The second-order valence-electron chi connectivity index (χ2n) is 4.23. The number of rotatable bonds is 8. The van der Waals surface area contributed by atoms with Crippen LogP contribution in [0.25, 0.3) is 0 Å².